The van der Waals surface area contributed by atoms with Crippen molar-refractivity contribution in [3.8, 4) is 10.4 Å². The third-order valence-corrected chi connectivity index (χ3v) is 5.59. The summed E-state index contributed by atoms with van der Waals surface area (Å²) in [4.78, 5) is 21.7. The number of hydrogen-bond donors (Lipinski definition) is 0. The quantitative estimate of drug-likeness (QED) is 0.857. The van der Waals surface area contributed by atoms with Crippen LogP contribution in [-0.2, 0) is 4.79 Å². The Labute approximate surface area is 141 Å². The molecular weight excluding hydrogens is 306 g/mol. The summed E-state index contributed by atoms with van der Waals surface area (Å²) in [5.41, 5.74) is 2.40. The first-order valence-corrected chi connectivity index (χ1v) is 8.85. The zero-order valence-electron chi connectivity index (χ0n) is 14.0. The van der Waals surface area contributed by atoms with Crippen LogP contribution in [0, 0.1) is 5.92 Å². The van der Waals surface area contributed by atoms with Gasteiger partial charge in [-0.1, -0.05) is 23.5 Å². The van der Waals surface area contributed by atoms with Crippen LogP contribution in [0.3, 0.4) is 0 Å². The predicted molar refractivity (Wildman–Crippen MR) is 97.5 cm³/mol. The second-order valence-corrected chi connectivity index (χ2v) is 7.33. The number of anilines is 2. The maximum Gasteiger partial charge on any atom is 0.185 e. The summed E-state index contributed by atoms with van der Waals surface area (Å²) >= 11 is 1.73. The molecule has 0 amide bonds. The molecule has 0 N–H and O–H groups in total. The lowest BCUT2D eigenvalue weighted by atomic mass is 9.94. The molecule has 3 rings (SSSR count). The highest BCUT2D eigenvalue weighted by atomic mass is 32.1. The van der Waals surface area contributed by atoms with Crippen LogP contribution in [0.15, 0.2) is 30.5 Å². The second kappa shape index (κ2) is 6.71. The molecular formula is C18H23N3OS. The maximum absolute atomic E-state index is 11.5. The van der Waals surface area contributed by atoms with E-state index in [0.29, 0.717) is 5.78 Å². The van der Waals surface area contributed by atoms with E-state index in [0.717, 1.165) is 31.1 Å². The Balaban J connectivity index is 1.74. The summed E-state index contributed by atoms with van der Waals surface area (Å²) in [6.07, 6.45) is 3.85. The summed E-state index contributed by atoms with van der Waals surface area (Å²) in [5, 5.41) is 1.07. The highest BCUT2D eigenvalue weighted by molar-refractivity contribution is 7.18. The number of ketones is 1. The minimum Gasteiger partial charge on any atom is -0.378 e. The van der Waals surface area contributed by atoms with Crippen molar-refractivity contribution in [3.63, 3.8) is 0 Å². The summed E-state index contributed by atoms with van der Waals surface area (Å²) in [6.45, 7) is 3.56. The largest absolute Gasteiger partial charge is 0.378 e. The molecule has 1 aliphatic rings. The molecule has 5 heteroatoms. The molecule has 1 aromatic heterocycles. The molecule has 2 heterocycles. The van der Waals surface area contributed by atoms with Gasteiger partial charge in [0.15, 0.2) is 5.13 Å². The number of piperidine rings is 1. The zero-order chi connectivity index (χ0) is 16.4. The van der Waals surface area contributed by atoms with Crippen molar-refractivity contribution in [1.29, 1.82) is 0 Å². The third-order valence-electron chi connectivity index (χ3n) is 4.48. The highest BCUT2D eigenvalue weighted by Crippen LogP contribution is 2.34. The molecule has 0 saturated carbocycles. The molecule has 1 aliphatic heterocycles. The highest BCUT2D eigenvalue weighted by Gasteiger charge is 2.24. The van der Waals surface area contributed by atoms with Crippen molar-refractivity contribution in [2.45, 2.75) is 19.8 Å². The van der Waals surface area contributed by atoms with Gasteiger partial charge in [-0.15, -0.1) is 0 Å². The van der Waals surface area contributed by atoms with Gasteiger partial charge in [0, 0.05) is 45.0 Å². The van der Waals surface area contributed by atoms with Crippen LogP contribution in [0.5, 0.6) is 0 Å². The van der Waals surface area contributed by atoms with E-state index in [9.17, 15) is 4.79 Å². The Bertz CT molecular complexity index is 687. The van der Waals surface area contributed by atoms with Crippen molar-refractivity contribution in [1.82, 2.24) is 4.98 Å². The average molecular weight is 329 g/mol. The van der Waals surface area contributed by atoms with Crippen molar-refractivity contribution >= 4 is 27.9 Å². The van der Waals surface area contributed by atoms with E-state index in [1.165, 1.54) is 16.1 Å². The van der Waals surface area contributed by atoms with E-state index in [1.807, 2.05) is 6.20 Å². The molecule has 0 radical (unpaired) electrons. The van der Waals surface area contributed by atoms with Gasteiger partial charge >= 0.3 is 0 Å². The fraction of sp³-hybridized carbons (Fsp3) is 0.444. The molecule has 122 valence electrons. The number of thiazole rings is 1. The molecule has 0 aliphatic carbocycles. The summed E-state index contributed by atoms with van der Waals surface area (Å²) < 4.78 is 0. The van der Waals surface area contributed by atoms with E-state index in [2.05, 4.69) is 53.1 Å². The normalized spacial score (nSPS) is 15.7. The van der Waals surface area contributed by atoms with Crippen LogP contribution < -0.4 is 9.80 Å². The summed E-state index contributed by atoms with van der Waals surface area (Å²) in [6, 6.07) is 8.52. The van der Waals surface area contributed by atoms with Crippen molar-refractivity contribution in [3.05, 3.63) is 30.5 Å². The lowest BCUT2D eigenvalue weighted by Gasteiger charge is -2.30. The van der Waals surface area contributed by atoms with Gasteiger partial charge in [0.05, 0.1) is 4.88 Å². The molecule has 0 bridgehead atoms. The van der Waals surface area contributed by atoms with Crippen LogP contribution >= 0.6 is 11.3 Å². The average Bonchev–Trinajstić information content (AvgIpc) is 3.05. The number of benzene rings is 1. The monoisotopic (exact) mass is 329 g/mol. The Kier molecular flexibility index (Phi) is 4.66. The van der Waals surface area contributed by atoms with Gasteiger partial charge in [-0.25, -0.2) is 4.98 Å². The third kappa shape index (κ3) is 3.55. The molecule has 2 aromatic rings. The number of hydrogen-bond acceptors (Lipinski definition) is 5. The maximum atomic E-state index is 11.5. The standard InChI is InChI=1S/C18H23N3OS/c1-13(22)14-7-9-21(10-8-14)18-19-12-17(23-18)15-5-4-6-16(11-15)20(2)3/h4-6,11-12,14H,7-10H2,1-3H3. The van der Waals surface area contributed by atoms with E-state index >= 15 is 0 Å². The van der Waals surface area contributed by atoms with Crippen LogP contribution in [0.25, 0.3) is 10.4 Å². The van der Waals surface area contributed by atoms with Crippen LogP contribution in [0.2, 0.25) is 0 Å². The van der Waals surface area contributed by atoms with Crippen molar-refractivity contribution < 1.29 is 4.79 Å². The molecule has 23 heavy (non-hydrogen) atoms. The first-order chi connectivity index (χ1) is 11.0. The van der Waals surface area contributed by atoms with Gasteiger partial charge in [0.1, 0.15) is 5.78 Å². The number of nitrogens with zero attached hydrogens (tertiary/aromatic N) is 3. The lowest BCUT2D eigenvalue weighted by molar-refractivity contribution is -0.121. The van der Waals surface area contributed by atoms with E-state index in [1.54, 1.807) is 18.3 Å². The van der Waals surface area contributed by atoms with Crippen molar-refractivity contribution in [2.24, 2.45) is 5.92 Å². The molecule has 0 unspecified atom stereocenters. The number of carbonyl (C=O) groups is 1. The van der Waals surface area contributed by atoms with Gasteiger partial charge in [-0.3, -0.25) is 4.79 Å². The van der Waals surface area contributed by atoms with Gasteiger partial charge in [0.25, 0.3) is 0 Å². The first kappa shape index (κ1) is 16.0. The molecule has 4 nitrogen and oxygen atoms in total. The number of Topliss-reactive ketones (excluding diaryl/α,β-unsaturated/α-hetero) is 1. The van der Waals surface area contributed by atoms with Crippen LogP contribution in [-0.4, -0.2) is 38.0 Å². The van der Waals surface area contributed by atoms with Gasteiger partial charge in [0.2, 0.25) is 0 Å². The Morgan fingerprint density at radius 1 is 1.30 bits per heavy atom. The molecule has 0 spiro atoms. The van der Waals surface area contributed by atoms with E-state index in [4.69, 9.17) is 0 Å². The summed E-state index contributed by atoms with van der Waals surface area (Å²) in [5.74, 6) is 0.562. The van der Waals surface area contributed by atoms with E-state index in [-0.39, 0.29) is 5.92 Å². The number of rotatable bonds is 4. The second-order valence-electron chi connectivity index (χ2n) is 6.32. The predicted octanol–water partition coefficient (Wildman–Crippen LogP) is 3.68. The lowest BCUT2D eigenvalue weighted by Crippen LogP contribution is -2.35. The Morgan fingerprint density at radius 3 is 2.70 bits per heavy atom. The van der Waals surface area contributed by atoms with Crippen LogP contribution in [0.4, 0.5) is 10.8 Å². The smallest absolute Gasteiger partial charge is 0.185 e. The van der Waals surface area contributed by atoms with E-state index < -0.39 is 0 Å². The number of carbonyl (C=O) groups excluding carboxylic acids is 1. The van der Waals surface area contributed by atoms with Crippen LogP contribution in [0.1, 0.15) is 19.8 Å². The zero-order valence-corrected chi connectivity index (χ0v) is 14.8. The molecule has 1 aromatic carbocycles. The SMILES string of the molecule is CC(=O)C1CCN(c2ncc(-c3cccc(N(C)C)c3)s2)CC1. The minimum absolute atomic E-state index is 0.238. The van der Waals surface area contributed by atoms with Gasteiger partial charge < -0.3 is 9.80 Å². The fourth-order valence-corrected chi connectivity index (χ4v) is 3.92. The molecule has 1 fully saturated rings. The topological polar surface area (TPSA) is 36.4 Å². The molecule has 0 atom stereocenters. The van der Waals surface area contributed by atoms with Crippen molar-refractivity contribution in [2.75, 3.05) is 37.0 Å². The fourth-order valence-electron chi connectivity index (χ4n) is 2.96. The first-order valence-electron chi connectivity index (χ1n) is 8.03. The Hall–Kier alpha value is -1.88. The minimum atomic E-state index is 0.238. The Morgan fingerprint density at radius 2 is 2.04 bits per heavy atom. The number of aromatic nitrogens is 1. The van der Waals surface area contributed by atoms with Gasteiger partial charge in [-0.2, -0.15) is 0 Å². The van der Waals surface area contributed by atoms with Gasteiger partial charge in [-0.05, 0) is 37.5 Å². The summed E-state index contributed by atoms with van der Waals surface area (Å²) in [7, 11) is 4.10. The molecule has 1 saturated heterocycles.